The Kier molecular flexibility index (Phi) is 10.6. The smallest absolute Gasteiger partial charge is 0.308 e. The molecule has 0 bridgehead atoms. The predicted molar refractivity (Wildman–Crippen MR) is 142 cm³/mol. The zero-order chi connectivity index (χ0) is 28.5. The second kappa shape index (κ2) is 13.8. The van der Waals surface area contributed by atoms with Gasteiger partial charge in [0, 0.05) is 34.6 Å². The molecule has 0 aliphatic heterocycles. The third-order valence-electron chi connectivity index (χ3n) is 5.92. The Balaban J connectivity index is 1.67. The number of hydrogen-bond donors (Lipinski definition) is 2. The van der Waals surface area contributed by atoms with E-state index in [2.05, 4.69) is 9.40 Å². The van der Waals surface area contributed by atoms with Crippen LogP contribution in [0, 0.1) is 15.9 Å². The van der Waals surface area contributed by atoms with Gasteiger partial charge in [-0.1, -0.05) is 36.4 Å². The summed E-state index contributed by atoms with van der Waals surface area (Å²) < 4.78 is 25.7. The van der Waals surface area contributed by atoms with Crippen molar-refractivity contribution in [3.8, 4) is 11.1 Å². The molecule has 0 radical (unpaired) electrons. The molecule has 0 aliphatic carbocycles. The van der Waals surface area contributed by atoms with Gasteiger partial charge in [-0.3, -0.25) is 9.63 Å². The summed E-state index contributed by atoms with van der Waals surface area (Å²) >= 11 is 0. The highest BCUT2D eigenvalue weighted by molar-refractivity contribution is 6.01. The highest BCUT2D eigenvalue weighted by Gasteiger charge is 2.20. The maximum absolute atomic E-state index is 13.6. The number of para-hydroxylation sites is 1. The van der Waals surface area contributed by atoms with E-state index in [4.69, 9.17) is 9.47 Å². The van der Waals surface area contributed by atoms with Crippen LogP contribution in [0.3, 0.4) is 0 Å². The molecule has 39 heavy (non-hydrogen) atoms. The molecule has 10 nitrogen and oxygen atoms in total. The Labute approximate surface area is 225 Å². The molecular formula is C28H33FN2O8. The Morgan fingerprint density at radius 1 is 1.10 bits per heavy atom. The summed E-state index contributed by atoms with van der Waals surface area (Å²) in [4.78, 5) is 26.4. The molecule has 0 saturated heterocycles. The van der Waals surface area contributed by atoms with Crippen molar-refractivity contribution in [3.05, 3.63) is 76.2 Å². The van der Waals surface area contributed by atoms with Crippen LogP contribution in [0.1, 0.15) is 45.3 Å². The van der Waals surface area contributed by atoms with Crippen LogP contribution in [0.15, 0.2) is 54.6 Å². The molecule has 2 N–H and O–H groups in total. The summed E-state index contributed by atoms with van der Waals surface area (Å²) in [7, 11) is 0. The zero-order valence-electron chi connectivity index (χ0n) is 22.0. The van der Waals surface area contributed by atoms with Gasteiger partial charge < -0.3 is 24.3 Å². The number of fused-ring (bicyclic) bond motifs is 1. The molecule has 3 rings (SSSR count). The second-order valence-corrected chi connectivity index (χ2v) is 9.26. The van der Waals surface area contributed by atoms with Gasteiger partial charge in [0.1, 0.15) is 12.4 Å². The largest absolute Gasteiger partial charge is 0.463 e. The monoisotopic (exact) mass is 544 g/mol. The van der Waals surface area contributed by atoms with Crippen LogP contribution >= 0.6 is 0 Å². The summed E-state index contributed by atoms with van der Waals surface area (Å²) in [5.41, 5.74) is 3.53. The number of benzene rings is 2. The van der Waals surface area contributed by atoms with Crippen molar-refractivity contribution in [1.82, 2.24) is 4.57 Å². The molecule has 1 aromatic heterocycles. The van der Waals surface area contributed by atoms with Crippen LogP contribution in [0.2, 0.25) is 0 Å². The van der Waals surface area contributed by atoms with Gasteiger partial charge >= 0.3 is 5.97 Å². The maximum Gasteiger partial charge on any atom is 0.308 e. The molecule has 3 aromatic rings. The van der Waals surface area contributed by atoms with Gasteiger partial charge in [-0.05, 0) is 50.6 Å². The van der Waals surface area contributed by atoms with Gasteiger partial charge in [-0.15, -0.1) is 10.1 Å². The Bertz CT molecular complexity index is 1290. The summed E-state index contributed by atoms with van der Waals surface area (Å²) in [6.45, 7) is 5.12. The number of rotatable bonds is 14. The van der Waals surface area contributed by atoms with Crippen LogP contribution in [0.5, 0.6) is 0 Å². The second-order valence-electron chi connectivity index (χ2n) is 9.26. The van der Waals surface area contributed by atoms with Gasteiger partial charge in [0.15, 0.2) is 0 Å². The highest BCUT2D eigenvalue weighted by atomic mass is 19.1. The summed E-state index contributed by atoms with van der Waals surface area (Å²) in [5.74, 6) is -1.04. The Hall–Kier alpha value is -3.80. The standard InChI is InChI=1S/C28H33FN2O8/c1-18(2)30-25-7-5-4-6-24(25)28(20-8-10-21(29)11-9-20)26(30)13-12-22(32)16-23(33)17-27(34)38-15-14-37-19(3)39-31(35)36/h4-13,18-19,22-23,32-33H,14-17H2,1-3H3/b13-12+/t19?,22-,23-/m1/s1. The van der Waals surface area contributed by atoms with Crippen LogP contribution in [-0.4, -0.2) is 57.5 Å². The highest BCUT2D eigenvalue weighted by Crippen LogP contribution is 2.38. The SMILES string of the molecule is CC(OCCOC(=O)C[C@H](O)C[C@H](O)/C=C/c1c(-c2ccc(F)cc2)c2ccccc2n1C(C)C)O[N+](=O)[O-]. The van der Waals surface area contributed by atoms with Crippen LogP contribution in [-0.2, 0) is 19.1 Å². The first-order valence-corrected chi connectivity index (χ1v) is 12.6. The molecule has 1 unspecified atom stereocenters. The number of aliphatic hydroxyl groups is 2. The summed E-state index contributed by atoms with van der Waals surface area (Å²) in [6.07, 6.45) is -0.454. The first kappa shape index (κ1) is 29.8. The van der Waals surface area contributed by atoms with E-state index in [1.807, 2.05) is 38.1 Å². The summed E-state index contributed by atoms with van der Waals surface area (Å²) in [6, 6.07) is 14.2. The first-order valence-electron chi connectivity index (χ1n) is 12.6. The third kappa shape index (κ3) is 8.34. The predicted octanol–water partition coefficient (Wildman–Crippen LogP) is 4.66. The van der Waals surface area contributed by atoms with Gasteiger partial charge in [-0.25, -0.2) is 4.39 Å². The van der Waals surface area contributed by atoms with E-state index >= 15 is 0 Å². The van der Waals surface area contributed by atoms with Crippen molar-refractivity contribution >= 4 is 22.9 Å². The van der Waals surface area contributed by atoms with E-state index in [1.54, 1.807) is 24.3 Å². The van der Waals surface area contributed by atoms with E-state index in [0.717, 1.165) is 27.7 Å². The lowest BCUT2D eigenvalue weighted by Gasteiger charge is -2.15. The van der Waals surface area contributed by atoms with Gasteiger partial charge in [0.2, 0.25) is 6.29 Å². The Morgan fingerprint density at radius 2 is 1.79 bits per heavy atom. The van der Waals surface area contributed by atoms with E-state index in [9.17, 15) is 29.5 Å². The fraction of sp³-hybridized carbons (Fsp3) is 0.393. The maximum atomic E-state index is 13.6. The minimum absolute atomic E-state index is 0.0827. The normalized spacial score (nSPS) is 14.0. The van der Waals surface area contributed by atoms with Crippen molar-refractivity contribution in [2.75, 3.05) is 13.2 Å². The number of esters is 1. The lowest BCUT2D eigenvalue weighted by atomic mass is 10.0. The molecule has 1 heterocycles. The number of aliphatic hydroxyl groups excluding tert-OH is 2. The molecule has 0 fully saturated rings. The number of ether oxygens (including phenoxy) is 2. The molecule has 0 amide bonds. The number of carbonyl (C=O) groups excluding carboxylic acids is 1. The molecule has 2 aromatic carbocycles. The number of hydrogen-bond acceptors (Lipinski definition) is 8. The third-order valence-corrected chi connectivity index (χ3v) is 5.92. The zero-order valence-corrected chi connectivity index (χ0v) is 22.0. The van der Waals surface area contributed by atoms with E-state index < -0.39 is 29.6 Å². The van der Waals surface area contributed by atoms with Gasteiger partial charge in [0.05, 0.1) is 25.2 Å². The van der Waals surface area contributed by atoms with Gasteiger partial charge in [-0.2, -0.15) is 0 Å². The molecule has 3 atom stereocenters. The molecule has 11 heteroatoms. The van der Waals surface area contributed by atoms with Crippen molar-refractivity contribution < 1.29 is 38.8 Å². The molecule has 0 aliphatic rings. The average molecular weight is 545 g/mol. The molecule has 0 saturated carbocycles. The van der Waals surface area contributed by atoms with Crippen molar-refractivity contribution in [3.63, 3.8) is 0 Å². The quantitative estimate of drug-likeness (QED) is 0.0985. The minimum atomic E-state index is -1.16. The number of halogens is 1. The fourth-order valence-electron chi connectivity index (χ4n) is 4.34. The van der Waals surface area contributed by atoms with Crippen LogP contribution in [0.25, 0.3) is 28.1 Å². The topological polar surface area (TPSA) is 133 Å². The Morgan fingerprint density at radius 3 is 2.46 bits per heavy atom. The van der Waals surface area contributed by atoms with E-state index in [-0.39, 0.29) is 37.9 Å². The van der Waals surface area contributed by atoms with Crippen LogP contribution < -0.4 is 0 Å². The number of carbonyl (C=O) groups is 1. The molecule has 0 spiro atoms. The minimum Gasteiger partial charge on any atom is -0.463 e. The number of nitrogens with zero attached hydrogens (tertiary/aromatic N) is 2. The first-order chi connectivity index (χ1) is 18.6. The average Bonchev–Trinajstić information content (AvgIpc) is 3.19. The van der Waals surface area contributed by atoms with Crippen molar-refractivity contribution in [1.29, 1.82) is 0 Å². The van der Waals surface area contributed by atoms with E-state index in [0.29, 0.717) is 0 Å². The molecule has 210 valence electrons. The van der Waals surface area contributed by atoms with Crippen molar-refractivity contribution in [2.24, 2.45) is 0 Å². The van der Waals surface area contributed by atoms with E-state index in [1.165, 1.54) is 19.1 Å². The van der Waals surface area contributed by atoms with Gasteiger partial charge in [0.25, 0.3) is 5.09 Å². The molecular weight excluding hydrogens is 511 g/mol. The van der Waals surface area contributed by atoms with Crippen LogP contribution in [0.4, 0.5) is 4.39 Å². The lowest BCUT2D eigenvalue weighted by Crippen LogP contribution is -2.23. The summed E-state index contributed by atoms with van der Waals surface area (Å²) in [5, 5.41) is 31.1. The fourth-order valence-corrected chi connectivity index (χ4v) is 4.34. The number of aromatic nitrogens is 1. The van der Waals surface area contributed by atoms with Crippen molar-refractivity contribution in [2.45, 2.75) is 58.2 Å². The lowest BCUT2D eigenvalue weighted by molar-refractivity contribution is -0.779.